The first-order valence-corrected chi connectivity index (χ1v) is 11.7. The second-order valence-corrected chi connectivity index (χ2v) is 8.89. The first-order chi connectivity index (χ1) is 16.6. The third-order valence-corrected chi connectivity index (χ3v) is 6.55. The number of carbonyl (C=O) groups excluding carboxylic acids is 3. The van der Waals surface area contributed by atoms with Crippen LogP contribution < -0.4 is 10.6 Å². The van der Waals surface area contributed by atoms with Crippen LogP contribution in [0.2, 0.25) is 0 Å². The molecule has 0 bridgehead atoms. The van der Waals surface area contributed by atoms with Gasteiger partial charge < -0.3 is 10.6 Å². The van der Waals surface area contributed by atoms with Crippen LogP contribution in [-0.2, 0) is 9.59 Å². The van der Waals surface area contributed by atoms with Crippen LogP contribution >= 0.6 is 0 Å². The quantitative estimate of drug-likeness (QED) is 0.563. The molecule has 2 fully saturated rings. The Morgan fingerprint density at radius 3 is 2.26 bits per heavy atom. The molecule has 1 spiro atoms. The second kappa shape index (κ2) is 9.13. The Labute approximate surface area is 197 Å². The molecule has 4 amide bonds. The molecule has 1 aliphatic carbocycles. The molecule has 2 aromatic carbocycles. The highest BCUT2D eigenvalue weighted by molar-refractivity contribution is 6.10. The number of amides is 4. The highest BCUT2D eigenvalue weighted by Gasteiger charge is 2.51. The standard InChI is InChI=1S/C26H27N5O3/c32-23(18-30-24(33)26(28-25(30)34)15-9-1-2-10-16-26)27-22-17-21(19-11-5-3-6-12-19)29-31(22)20-13-7-4-8-14-20/h3-8,11-14,17H,1-2,9-10,15-16,18H2,(H,27,32)(H,28,34). The van der Waals surface area contributed by atoms with Crippen LogP contribution in [0.1, 0.15) is 38.5 Å². The lowest BCUT2D eigenvalue weighted by Gasteiger charge is -2.24. The van der Waals surface area contributed by atoms with Gasteiger partial charge in [-0.05, 0) is 25.0 Å². The van der Waals surface area contributed by atoms with E-state index < -0.39 is 17.5 Å². The van der Waals surface area contributed by atoms with Crippen molar-refractivity contribution >= 4 is 23.7 Å². The molecule has 2 heterocycles. The summed E-state index contributed by atoms with van der Waals surface area (Å²) in [5, 5.41) is 10.4. The number of aromatic nitrogens is 2. The van der Waals surface area contributed by atoms with Gasteiger partial charge in [-0.25, -0.2) is 9.48 Å². The minimum Gasteiger partial charge on any atom is -0.323 e. The highest BCUT2D eigenvalue weighted by atomic mass is 16.2. The van der Waals surface area contributed by atoms with E-state index in [1.165, 1.54) is 0 Å². The van der Waals surface area contributed by atoms with Crippen molar-refractivity contribution in [3.63, 3.8) is 0 Å². The molecule has 1 aliphatic heterocycles. The molecule has 1 saturated carbocycles. The summed E-state index contributed by atoms with van der Waals surface area (Å²) in [6, 6.07) is 20.5. The molecule has 8 nitrogen and oxygen atoms in total. The van der Waals surface area contributed by atoms with Crippen molar-refractivity contribution in [2.45, 2.75) is 44.1 Å². The zero-order valence-electron chi connectivity index (χ0n) is 18.9. The average molecular weight is 458 g/mol. The van der Waals surface area contributed by atoms with Crippen LogP contribution in [0, 0.1) is 0 Å². The van der Waals surface area contributed by atoms with E-state index in [0.717, 1.165) is 41.8 Å². The van der Waals surface area contributed by atoms with Gasteiger partial charge in [-0.15, -0.1) is 0 Å². The molecular formula is C26H27N5O3. The van der Waals surface area contributed by atoms with Crippen molar-refractivity contribution in [3.8, 4) is 16.9 Å². The molecule has 174 valence electrons. The van der Waals surface area contributed by atoms with E-state index in [-0.39, 0.29) is 12.5 Å². The Kier molecular flexibility index (Phi) is 5.88. The van der Waals surface area contributed by atoms with Gasteiger partial charge >= 0.3 is 6.03 Å². The minimum atomic E-state index is -0.861. The largest absolute Gasteiger partial charge is 0.325 e. The predicted molar refractivity (Wildman–Crippen MR) is 128 cm³/mol. The molecule has 0 unspecified atom stereocenters. The van der Waals surface area contributed by atoms with Gasteiger partial charge in [-0.2, -0.15) is 5.10 Å². The van der Waals surface area contributed by atoms with E-state index in [2.05, 4.69) is 15.7 Å². The van der Waals surface area contributed by atoms with Crippen LogP contribution in [0.3, 0.4) is 0 Å². The number of para-hydroxylation sites is 1. The van der Waals surface area contributed by atoms with Crippen molar-refractivity contribution in [2.75, 3.05) is 11.9 Å². The zero-order valence-corrected chi connectivity index (χ0v) is 18.9. The Morgan fingerprint density at radius 1 is 0.941 bits per heavy atom. The van der Waals surface area contributed by atoms with Gasteiger partial charge in [-0.1, -0.05) is 74.2 Å². The van der Waals surface area contributed by atoms with Gasteiger partial charge in [-0.3, -0.25) is 14.5 Å². The van der Waals surface area contributed by atoms with Gasteiger partial charge in [0.25, 0.3) is 5.91 Å². The lowest BCUT2D eigenvalue weighted by molar-refractivity contribution is -0.134. The number of nitrogens with one attached hydrogen (secondary N) is 2. The monoisotopic (exact) mass is 457 g/mol. The summed E-state index contributed by atoms with van der Waals surface area (Å²) >= 11 is 0. The molecule has 5 rings (SSSR count). The summed E-state index contributed by atoms with van der Waals surface area (Å²) < 4.78 is 1.65. The maximum atomic E-state index is 13.2. The maximum Gasteiger partial charge on any atom is 0.325 e. The highest BCUT2D eigenvalue weighted by Crippen LogP contribution is 2.33. The van der Waals surface area contributed by atoms with Crippen LogP contribution in [-0.4, -0.2) is 44.6 Å². The summed E-state index contributed by atoms with van der Waals surface area (Å²) in [7, 11) is 0. The average Bonchev–Trinajstić information content (AvgIpc) is 3.25. The number of nitrogens with zero attached hydrogens (tertiary/aromatic N) is 3. The van der Waals surface area contributed by atoms with Crippen molar-refractivity contribution in [1.29, 1.82) is 0 Å². The van der Waals surface area contributed by atoms with Gasteiger partial charge in [0.15, 0.2) is 0 Å². The fraction of sp³-hybridized carbons (Fsp3) is 0.308. The molecule has 34 heavy (non-hydrogen) atoms. The fourth-order valence-electron chi connectivity index (χ4n) is 4.80. The predicted octanol–water partition coefficient (Wildman–Crippen LogP) is 4.12. The molecule has 3 aromatic rings. The van der Waals surface area contributed by atoms with Crippen LogP contribution in [0.5, 0.6) is 0 Å². The van der Waals surface area contributed by atoms with E-state index in [9.17, 15) is 14.4 Å². The molecule has 1 saturated heterocycles. The third-order valence-electron chi connectivity index (χ3n) is 6.55. The van der Waals surface area contributed by atoms with E-state index in [4.69, 9.17) is 0 Å². The van der Waals surface area contributed by atoms with E-state index in [1.54, 1.807) is 10.7 Å². The smallest absolute Gasteiger partial charge is 0.323 e. The summed E-state index contributed by atoms with van der Waals surface area (Å²) in [6.07, 6.45) is 5.14. The van der Waals surface area contributed by atoms with Crippen molar-refractivity contribution in [2.24, 2.45) is 0 Å². The van der Waals surface area contributed by atoms with Crippen LogP contribution in [0.15, 0.2) is 66.7 Å². The van der Waals surface area contributed by atoms with Crippen LogP contribution in [0.25, 0.3) is 16.9 Å². The van der Waals surface area contributed by atoms with Gasteiger partial charge in [0, 0.05) is 11.6 Å². The molecule has 1 aromatic heterocycles. The van der Waals surface area contributed by atoms with E-state index in [0.29, 0.717) is 24.4 Å². The topological polar surface area (TPSA) is 96.3 Å². The molecule has 2 aliphatic rings. The minimum absolute atomic E-state index is 0.295. The van der Waals surface area contributed by atoms with Crippen molar-refractivity contribution in [3.05, 3.63) is 66.7 Å². The molecular weight excluding hydrogens is 430 g/mol. The number of anilines is 1. The van der Waals surface area contributed by atoms with Crippen molar-refractivity contribution < 1.29 is 14.4 Å². The Balaban J connectivity index is 1.38. The first kappa shape index (κ1) is 21.9. The Morgan fingerprint density at radius 2 is 1.59 bits per heavy atom. The molecule has 8 heteroatoms. The molecule has 2 N–H and O–H groups in total. The SMILES string of the molecule is O=C(CN1C(=O)NC2(CCCCCC2)C1=O)Nc1cc(-c2ccccc2)nn1-c1ccccc1. The van der Waals surface area contributed by atoms with E-state index >= 15 is 0 Å². The van der Waals surface area contributed by atoms with E-state index in [1.807, 2.05) is 60.7 Å². The van der Waals surface area contributed by atoms with Crippen molar-refractivity contribution in [1.82, 2.24) is 20.0 Å². The number of benzene rings is 2. The van der Waals surface area contributed by atoms with Gasteiger partial charge in [0.2, 0.25) is 5.91 Å². The Bertz CT molecular complexity index is 1200. The summed E-state index contributed by atoms with van der Waals surface area (Å²) in [4.78, 5) is 39.8. The second-order valence-electron chi connectivity index (χ2n) is 8.89. The molecule has 0 atom stereocenters. The zero-order chi connectivity index (χ0) is 23.5. The summed E-state index contributed by atoms with van der Waals surface area (Å²) in [5.41, 5.74) is 1.54. The fourth-order valence-corrected chi connectivity index (χ4v) is 4.80. The number of urea groups is 1. The normalized spacial score (nSPS) is 17.5. The number of hydrogen-bond acceptors (Lipinski definition) is 4. The number of imide groups is 1. The molecule has 0 radical (unpaired) electrons. The van der Waals surface area contributed by atoms with Gasteiger partial charge in [0.05, 0.1) is 11.4 Å². The van der Waals surface area contributed by atoms with Crippen LogP contribution in [0.4, 0.5) is 10.6 Å². The third kappa shape index (κ3) is 4.19. The Hall–Kier alpha value is -3.94. The maximum absolute atomic E-state index is 13.2. The number of carbonyl (C=O) groups is 3. The lowest BCUT2D eigenvalue weighted by atomic mass is 9.90. The first-order valence-electron chi connectivity index (χ1n) is 11.7. The van der Waals surface area contributed by atoms with Gasteiger partial charge in [0.1, 0.15) is 17.9 Å². The number of hydrogen-bond donors (Lipinski definition) is 2. The number of rotatable bonds is 5. The lowest BCUT2D eigenvalue weighted by Crippen LogP contribution is -2.47. The summed E-state index contributed by atoms with van der Waals surface area (Å²) in [6.45, 7) is -0.340. The summed E-state index contributed by atoms with van der Waals surface area (Å²) in [5.74, 6) is -0.284.